The minimum absolute atomic E-state index is 0.732. The summed E-state index contributed by atoms with van der Waals surface area (Å²) in [6.07, 6.45) is 2.37. The molecule has 0 unspecified atom stereocenters. The second-order valence-corrected chi connectivity index (χ2v) is 6.39. The van der Waals surface area contributed by atoms with E-state index in [-0.39, 0.29) is 0 Å². The minimum atomic E-state index is 0.732. The van der Waals surface area contributed by atoms with Gasteiger partial charge in [0.15, 0.2) is 0 Å². The van der Waals surface area contributed by atoms with Gasteiger partial charge in [0.25, 0.3) is 0 Å². The number of rotatable bonds is 6. The lowest BCUT2D eigenvalue weighted by Gasteiger charge is -2.25. The van der Waals surface area contributed by atoms with E-state index in [1.807, 2.05) is 0 Å². The molecule has 0 amide bonds. The molecule has 1 atom stereocenters. The van der Waals surface area contributed by atoms with E-state index < -0.39 is 0 Å². The summed E-state index contributed by atoms with van der Waals surface area (Å²) in [5, 5.41) is 0. The third kappa shape index (κ3) is 3.86. The first-order chi connectivity index (χ1) is 11.8. The Bertz CT molecular complexity index is 693. The molecule has 3 aromatic rings. The summed E-state index contributed by atoms with van der Waals surface area (Å²) in [4.78, 5) is 2.30. The van der Waals surface area contributed by atoms with E-state index in [4.69, 9.17) is 0 Å². The van der Waals surface area contributed by atoms with Crippen molar-refractivity contribution in [2.45, 2.75) is 26.7 Å². The van der Waals surface area contributed by atoms with Gasteiger partial charge in [0.05, 0.1) is 0 Å². The number of benzene rings is 3. The lowest BCUT2D eigenvalue weighted by molar-refractivity contribution is 0.560. The molecular weight excluding hydrogens is 290 g/mol. The quantitative estimate of drug-likeness (QED) is 0.486. The van der Waals surface area contributed by atoms with Gasteiger partial charge in [-0.25, -0.2) is 0 Å². The van der Waals surface area contributed by atoms with Gasteiger partial charge < -0.3 is 4.90 Å². The Morgan fingerprint density at radius 3 is 1.58 bits per heavy atom. The maximum absolute atomic E-state index is 2.31. The molecule has 0 aromatic heterocycles. The van der Waals surface area contributed by atoms with Crippen molar-refractivity contribution in [3.05, 3.63) is 90.5 Å². The highest BCUT2D eigenvalue weighted by Crippen LogP contribution is 2.34. The SMILES string of the molecule is CC[C@H](C)Cc1ccc(N(c2ccccc2)c2ccccc2)cc1. The molecule has 0 aliphatic carbocycles. The molecule has 0 spiro atoms. The van der Waals surface area contributed by atoms with Crippen LogP contribution >= 0.6 is 0 Å². The van der Waals surface area contributed by atoms with E-state index in [0.29, 0.717) is 0 Å². The van der Waals surface area contributed by atoms with Crippen LogP contribution in [0.25, 0.3) is 0 Å². The van der Waals surface area contributed by atoms with Crippen LogP contribution in [0.3, 0.4) is 0 Å². The molecule has 3 aromatic carbocycles. The van der Waals surface area contributed by atoms with Crippen LogP contribution in [0.5, 0.6) is 0 Å². The predicted molar refractivity (Wildman–Crippen MR) is 104 cm³/mol. The summed E-state index contributed by atoms with van der Waals surface area (Å²) in [7, 11) is 0. The van der Waals surface area contributed by atoms with Crippen molar-refractivity contribution in [1.82, 2.24) is 0 Å². The van der Waals surface area contributed by atoms with Gasteiger partial charge in [-0.05, 0) is 54.3 Å². The van der Waals surface area contributed by atoms with Gasteiger partial charge in [-0.1, -0.05) is 68.8 Å². The van der Waals surface area contributed by atoms with E-state index in [1.165, 1.54) is 29.0 Å². The second kappa shape index (κ2) is 7.83. The lowest BCUT2D eigenvalue weighted by Crippen LogP contribution is -2.09. The zero-order valence-corrected chi connectivity index (χ0v) is 14.5. The first-order valence-electron chi connectivity index (χ1n) is 8.77. The molecule has 0 bridgehead atoms. The van der Waals surface area contributed by atoms with Crippen LogP contribution in [0.4, 0.5) is 17.1 Å². The first kappa shape index (κ1) is 16.3. The summed E-state index contributed by atoms with van der Waals surface area (Å²) >= 11 is 0. The van der Waals surface area contributed by atoms with Gasteiger partial charge in [0, 0.05) is 17.1 Å². The molecule has 0 aliphatic heterocycles. The number of para-hydroxylation sites is 2. The van der Waals surface area contributed by atoms with E-state index in [2.05, 4.69) is 104 Å². The highest BCUT2D eigenvalue weighted by molar-refractivity contribution is 5.76. The Morgan fingerprint density at radius 2 is 1.12 bits per heavy atom. The number of nitrogens with zero attached hydrogens (tertiary/aromatic N) is 1. The van der Waals surface area contributed by atoms with Crippen LogP contribution < -0.4 is 4.90 Å². The topological polar surface area (TPSA) is 3.24 Å². The maximum atomic E-state index is 2.31. The van der Waals surface area contributed by atoms with Crippen molar-refractivity contribution in [2.75, 3.05) is 4.90 Å². The normalized spacial score (nSPS) is 11.9. The van der Waals surface area contributed by atoms with E-state index in [9.17, 15) is 0 Å². The Kier molecular flexibility index (Phi) is 5.32. The highest BCUT2D eigenvalue weighted by atomic mass is 15.1. The van der Waals surface area contributed by atoms with E-state index in [1.54, 1.807) is 0 Å². The van der Waals surface area contributed by atoms with Gasteiger partial charge in [0.1, 0.15) is 0 Å². The van der Waals surface area contributed by atoms with Crippen LogP contribution in [0.1, 0.15) is 25.8 Å². The lowest BCUT2D eigenvalue weighted by atomic mass is 9.98. The van der Waals surface area contributed by atoms with Crippen molar-refractivity contribution in [3.63, 3.8) is 0 Å². The zero-order valence-electron chi connectivity index (χ0n) is 14.5. The standard InChI is InChI=1S/C23H25N/c1-3-19(2)18-20-14-16-23(17-15-20)24(21-10-6-4-7-11-21)22-12-8-5-9-13-22/h4-17,19H,3,18H2,1-2H3/t19-/m0/s1. The van der Waals surface area contributed by atoms with Gasteiger partial charge in [-0.3, -0.25) is 0 Å². The minimum Gasteiger partial charge on any atom is -0.311 e. The molecule has 0 N–H and O–H groups in total. The fourth-order valence-corrected chi connectivity index (χ4v) is 2.93. The van der Waals surface area contributed by atoms with Gasteiger partial charge in [-0.2, -0.15) is 0 Å². The highest BCUT2D eigenvalue weighted by Gasteiger charge is 2.11. The van der Waals surface area contributed by atoms with E-state index >= 15 is 0 Å². The Labute approximate surface area is 145 Å². The molecule has 0 saturated heterocycles. The van der Waals surface area contributed by atoms with Crippen molar-refractivity contribution in [3.8, 4) is 0 Å². The van der Waals surface area contributed by atoms with Crippen LogP contribution in [0.15, 0.2) is 84.9 Å². The molecule has 122 valence electrons. The van der Waals surface area contributed by atoms with Gasteiger partial charge in [0.2, 0.25) is 0 Å². The molecule has 1 heteroatoms. The molecule has 0 heterocycles. The summed E-state index contributed by atoms with van der Waals surface area (Å²) in [5.41, 5.74) is 4.96. The third-order valence-corrected chi connectivity index (χ3v) is 4.50. The number of anilines is 3. The largest absolute Gasteiger partial charge is 0.311 e. The monoisotopic (exact) mass is 315 g/mol. The smallest absolute Gasteiger partial charge is 0.0461 e. The van der Waals surface area contributed by atoms with Crippen molar-refractivity contribution in [1.29, 1.82) is 0 Å². The third-order valence-electron chi connectivity index (χ3n) is 4.50. The van der Waals surface area contributed by atoms with Crippen LogP contribution in [-0.2, 0) is 6.42 Å². The van der Waals surface area contributed by atoms with Crippen molar-refractivity contribution in [2.24, 2.45) is 5.92 Å². The fraction of sp³-hybridized carbons (Fsp3) is 0.217. The predicted octanol–water partition coefficient (Wildman–Crippen LogP) is 6.75. The molecule has 0 saturated carbocycles. The Morgan fingerprint density at radius 1 is 0.667 bits per heavy atom. The molecule has 0 aliphatic rings. The number of hydrogen-bond donors (Lipinski definition) is 0. The summed E-state index contributed by atoms with van der Waals surface area (Å²) in [6.45, 7) is 4.57. The Hall–Kier alpha value is -2.54. The van der Waals surface area contributed by atoms with Crippen LogP contribution in [0, 0.1) is 5.92 Å². The Balaban J connectivity index is 1.94. The van der Waals surface area contributed by atoms with E-state index in [0.717, 1.165) is 12.3 Å². The van der Waals surface area contributed by atoms with Gasteiger partial charge >= 0.3 is 0 Å². The van der Waals surface area contributed by atoms with Crippen LogP contribution in [0.2, 0.25) is 0 Å². The summed E-state index contributed by atoms with van der Waals surface area (Å²) in [5.74, 6) is 0.732. The number of hydrogen-bond acceptors (Lipinski definition) is 1. The average Bonchev–Trinajstić information content (AvgIpc) is 2.65. The second-order valence-electron chi connectivity index (χ2n) is 6.39. The molecule has 1 nitrogen and oxygen atoms in total. The summed E-state index contributed by atoms with van der Waals surface area (Å²) < 4.78 is 0. The fourth-order valence-electron chi connectivity index (χ4n) is 2.93. The molecule has 24 heavy (non-hydrogen) atoms. The van der Waals surface area contributed by atoms with Crippen molar-refractivity contribution >= 4 is 17.1 Å². The molecule has 3 rings (SSSR count). The average molecular weight is 315 g/mol. The summed E-state index contributed by atoms with van der Waals surface area (Å²) in [6, 6.07) is 30.1. The van der Waals surface area contributed by atoms with Gasteiger partial charge in [-0.15, -0.1) is 0 Å². The maximum Gasteiger partial charge on any atom is 0.0461 e. The molecule has 0 radical (unpaired) electrons. The zero-order chi connectivity index (χ0) is 16.8. The molecule has 0 fully saturated rings. The molecular formula is C23H25N. The van der Waals surface area contributed by atoms with Crippen molar-refractivity contribution < 1.29 is 0 Å². The first-order valence-corrected chi connectivity index (χ1v) is 8.77. The van der Waals surface area contributed by atoms with Crippen LogP contribution in [-0.4, -0.2) is 0 Å².